The molecule has 4 aromatic carbocycles. The minimum Gasteiger partial charge on any atom is -0.416 e. The van der Waals surface area contributed by atoms with Crippen molar-refractivity contribution in [2.45, 2.75) is 0 Å². The average Bonchev–Trinajstić information content (AvgIpc) is 3.41. The van der Waals surface area contributed by atoms with Crippen molar-refractivity contribution >= 4 is 55.0 Å². The summed E-state index contributed by atoms with van der Waals surface area (Å²) in [5, 5.41) is 14.0. The van der Waals surface area contributed by atoms with E-state index < -0.39 is 0 Å². The fraction of sp³-hybridized carbons (Fsp3) is 0. The van der Waals surface area contributed by atoms with E-state index >= 15 is 0 Å². The standard InChI is InChI=1S/C28H18Br2N4O3/c29-21-9-1-17(2-10-21)25(35)31-23-13-5-19(6-14-23)27-33-34-28(37-27)20-7-15-24(16-8-20)32-26(36)18-3-11-22(30)12-4-18/h1-16H,(H,31,35)(H,32,36). The van der Waals surface area contributed by atoms with Crippen LogP contribution in [-0.4, -0.2) is 22.0 Å². The highest BCUT2D eigenvalue weighted by atomic mass is 79.9. The Bertz CT molecular complexity index is 1430. The monoisotopic (exact) mass is 616 g/mol. The Morgan fingerprint density at radius 1 is 0.541 bits per heavy atom. The number of carbonyl (C=O) groups is 2. The van der Waals surface area contributed by atoms with Gasteiger partial charge in [-0.25, -0.2) is 0 Å². The van der Waals surface area contributed by atoms with Crippen LogP contribution >= 0.6 is 31.9 Å². The van der Waals surface area contributed by atoms with E-state index in [9.17, 15) is 9.59 Å². The first-order valence-corrected chi connectivity index (χ1v) is 12.7. The molecule has 0 atom stereocenters. The van der Waals surface area contributed by atoms with Crippen LogP contribution in [-0.2, 0) is 0 Å². The lowest BCUT2D eigenvalue weighted by molar-refractivity contribution is 0.101. The van der Waals surface area contributed by atoms with Crippen LogP contribution < -0.4 is 10.6 Å². The van der Waals surface area contributed by atoms with E-state index in [-0.39, 0.29) is 11.8 Å². The smallest absolute Gasteiger partial charge is 0.255 e. The molecule has 7 nitrogen and oxygen atoms in total. The van der Waals surface area contributed by atoms with E-state index in [0.29, 0.717) is 34.3 Å². The zero-order valence-corrected chi connectivity index (χ0v) is 22.3. The highest BCUT2D eigenvalue weighted by molar-refractivity contribution is 9.10. The molecule has 0 spiro atoms. The minimum atomic E-state index is -0.197. The summed E-state index contributed by atoms with van der Waals surface area (Å²) in [7, 11) is 0. The predicted octanol–water partition coefficient (Wildman–Crippen LogP) is 7.43. The molecule has 1 heterocycles. The third-order valence-corrected chi connectivity index (χ3v) is 6.47. The number of rotatable bonds is 6. The summed E-state index contributed by atoms with van der Waals surface area (Å²) in [5.41, 5.74) is 3.87. The molecule has 37 heavy (non-hydrogen) atoms. The molecular formula is C28H18Br2N4O3. The van der Waals surface area contributed by atoms with Gasteiger partial charge >= 0.3 is 0 Å². The Hall–Kier alpha value is -4.08. The topological polar surface area (TPSA) is 97.1 Å². The fourth-order valence-corrected chi connectivity index (χ4v) is 3.99. The van der Waals surface area contributed by atoms with Gasteiger partial charge in [0.25, 0.3) is 11.8 Å². The van der Waals surface area contributed by atoms with Crippen molar-refractivity contribution in [2.24, 2.45) is 0 Å². The Labute approximate surface area is 229 Å². The molecule has 2 N–H and O–H groups in total. The molecule has 5 aromatic rings. The number of anilines is 2. The Morgan fingerprint density at radius 3 is 1.24 bits per heavy atom. The summed E-state index contributed by atoms with van der Waals surface area (Å²) >= 11 is 6.72. The van der Waals surface area contributed by atoms with Crippen molar-refractivity contribution in [1.82, 2.24) is 10.2 Å². The molecule has 0 saturated carbocycles. The lowest BCUT2D eigenvalue weighted by Gasteiger charge is -2.06. The molecular weight excluding hydrogens is 600 g/mol. The first-order chi connectivity index (χ1) is 17.9. The van der Waals surface area contributed by atoms with E-state index in [1.165, 1.54) is 0 Å². The third kappa shape index (κ3) is 6.02. The number of carbonyl (C=O) groups excluding carboxylic acids is 2. The van der Waals surface area contributed by atoms with Crippen molar-refractivity contribution in [2.75, 3.05) is 10.6 Å². The second-order valence-electron chi connectivity index (χ2n) is 7.99. The summed E-state index contributed by atoms with van der Waals surface area (Å²) in [5.74, 6) is 0.315. The number of nitrogens with zero attached hydrogens (tertiary/aromatic N) is 2. The number of hydrogen-bond acceptors (Lipinski definition) is 5. The maximum atomic E-state index is 12.4. The molecule has 5 rings (SSSR count). The molecule has 2 amide bonds. The molecule has 0 radical (unpaired) electrons. The average molecular weight is 618 g/mol. The normalized spacial score (nSPS) is 10.6. The second-order valence-corrected chi connectivity index (χ2v) is 9.82. The Morgan fingerprint density at radius 2 is 0.892 bits per heavy atom. The van der Waals surface area contributed by atoms with Crippen molar-refractivity contribution in [1.29, 1.82) is 0 Å². The van der Waals surface area contributed by atoms with Gasteiger partial charge in [0.1, 0.15) is 0 Å². The minimum absolute atomic E-state index is 0.197. The van der Waals surface area contributed by atoms with Gasteiger partial charge in [0.2, 0.25) is 11.8 Å². The van der Waals surface area contributed by atoms with Crippen molar-refractivity contribution in [3.8, 4) is 22.9 Å². The van der Waals surface area contributed by atoms with Gasteiger partial charge in [-0.2, -0.15) is 0 Å². The lowest BCUT2D eigenvalue weighted by Crippen LogP contribution is -2.11. The quantitative estimate of drug-likeness (QED) is 0.206. The lowest BCUT2D eigenvalue weighted by atomic mass is 10.1. The maximum absolute atomic E-state index is 12.4. The number of benzene rings is 4. The Kier molecular flexibility index (Phi) is 7.25. The molecule has 0 bridgehead atoms. The zero-order chi connectivity index (χ0) is 25.8. The van der Waals surface area contributed by atoms with Crippen LogP contribution in [0.15, 0.2) is 110 Å². The van der Waals surface area contributed by atoms with Crippen LogP contribution in [0, 0.1) is 0 Å². The van der Waals surface area contributed by atoms with E-state index in [1.807, 2.05) is 24.3 Å². The SMILES string of the molecule is O=C(Nc1ccc(-c2nnc(-c3ccc(NC(=O)c4ccc(Br)cc4)cc3)o2)cc1)c1ccc(Br)cc1. The molecule has 0 saturated heterocycles. The summed E-state index contributed by atoms with van der Waals surface area (Å²) < 4.78 is 7.67. The van der Waals surface area contributed by atoms with Gasteiger partial charge < -0.3 is 15.1 Å². The van der Waals surface area contributed by atoms with Gasteiger partial charge in [-0.3, -0.25) is 9.59 Å². The molecule has 0 aliphatic heterocycles. The van der Waals surface area contributed by atoms with Crippen LogP contribution in [0.25, 0.3) is 22.9 Å². The number of aromatic nitrogens is 2. The molecule has 1 aromatic heterocycles. The van der Waals surface area contributed by atoms with Gasteiger partial charge in [-0.1, -0.05) is 31.9 Å². The zero-order valence-electron chi connectivity index (χ0n) is 19.1. The van der Waals surface area contributed by atoms with Gasteiger partial charge in [0.15, 0.2) is 0 Å². The van der Waals surface area contributed by atoms with Crippen LogP contribution in [0.3, 0.4) is 0 Å². The van der Waals surface area contributed by atoms with Gasteiger partial charge in [-0.15, -0.1) is 10.2 Å². The van der Waals surface area contributed by atoms with E-state index in [2.05, 4.69) is 52.7 Å². The van der Waals surface area contributed by atoms with Crippen molar-refractivity contribution < 1.29 is 14.0 Å². The molecule has 0 aliphatic carbocycles. The van der Waals surface area contributed by atoms with E-state index in [1.54, 1.807) is 72.8 Å². The van der Waals surface area contributed by atoms with Crippen LogP contribution in [0.5, 0.6) is 0 Å². The molecule has 9 heteroatoms. The molecule has 0 unspecified atom stereocenters. The van der Waals surface area contributed by atoms with Gasteiger partial charge in [0, 0.05) is 42.6 Å². The van der Waals surface area contributed by atoms with E-state index in [0.717, 1.165) is 20.1 Å². The van der Waals surface area contributed by atoms with Crippen molar-refractivity contribution in [3.63, 3.8) is 0 Å². The highest BCUT2D eigenvalue weighted by Crippen LogP contribution is 2.26. The highest BCUT2D eigenvalue weighted by Gasteiger charge is 2.12. The molecule has 182 valence electrons. The fourth-order valence-electron chi connectivity index (χ4n) is 3.46. The summed E-state index contributed by atoms with van der Waals surface area (Å²) in [6, 6.07) is 28.6. The first-order valence-electron chi connectivity index (χ1n) is 11.1. The number of nitrogens with one attached hydrogen (secondary N) is 2. The largest absolute Gasteiger partial charge is 0.416 e. The second kappa shape index (κ2) is 10.9. The number of halogens is 2. The van der Waals surface area contributed by atoms with Gasteiger partial charge in [-0.05, 0) is 97.1 Å². The predicted molar refractivity (Wildman–Crippen MR) is 149 cm³/mol. The number of hydrogen-bond donors (Lipinski definition) is 2. The third-order valence-electron chi connectivity index (χ3n) is 5.42. The van der Waals surface area contributed by atoms with Crippen LogP contribution in [0.4, 0.5) is 11.4 Å². The summed E-state index contributed by atoms with van der Waals surface area (Å²) in [4.78, 5) is 24.8. The van der Waals surface area contributed by atoms with Crippen molar-refractivity contribution in [3.05, 3.63) is 117 Å². The summed E-state index contributed by atoms with van der Waals surface area (Å²) in [6.07, 6.45) is 0. The number of amides is 2. The summed E-state index contributed by atoms with van der Waals surface area (Å²) in [6.45, 7) is 0. The van der Waals surface area contributed by atoms with E-state index in [4.69, 9.17) is 4.42 Å². The first kappa shape index (κ1) is 24.6. The molecule has 0 fully saturated rings. The molecule has 0 aliphatic rings. The van der Waals surface area contributed by atoms with Crippen LogP contribution in [0.1, 0.15) is 20.7 Å². The maximum Gasteiger partial charge on any atom is 0.255 e. The van der Waals surface area contributed by atoms with Crippen LogP contribution in [0.2, 0.25) is 0 Å². The van der Waals surface area contributed by atoms with Gasteiger partial charge in [0.05, 0.1) is 0 Å². The Balaban J connectivity index is 1.23.